The molecule has 0 saturated heterocycles. The molecule has 0 amide bonds. The summed E-state index contributed by atoms with van der Waals surface area (Å²) in [4.78, 5) is 23.6. The van der Waals surface area contributed by atoms with E-state index in [1.165, 1.54) is 154 Å². The smallest absolute Gasteiger partial charge is 0.311 e. The number of methoxy groups -OCH3 is 1. The molecule has 2 atom stereocenters. The average molecular weight is 695 g/mol. The minimum atomic E-state index is -2.02. The lowest BCUT2D eigenvalue weighted by molar-refractivity contribution is -0.149. The summed E-state index contributed by atoms with van der Waals surface area (Å²) in [5.41, 5.74) is 0. The molecule has 0 aliphatic rings. The molecule has 0 aromatic heterocycles. The Morgan fingerprint density at radius 1 is 0.562 bits per heavy atom. The Hall–Kier alpha value is -0.683. The second kappa shape index (κ2) is 32.2. The summed E-state index contributed by atoms with van der Waals surface area (Å²) in [6.07, 6.45) is 40.7. The molecule has 48 heavy (non-hydrogen) atoms. The van der Waals surface area contributed by atoms with Gasteiger partial charge in [0.05, 0.1) is 19.1 Å². The van der Waals surface area contributed by atoms with Crippen LogP contribution in [-0.2, 0) is 18.8 Å². The Bertz CT molecular complexity index is 716. The highest BCUT2D eigenvalue weighted by Crippen LogP contribution is 2.39. The topological polar surface area (TPSA) is 52.6 Å². The van der Waals surface area contributed by atoms with Crippen LogP contribution in [0.5, 0.6) is 0 Å². The van der Waals surface area contributed by atoms with Gasteiger partial charge in [-0.2, -0.15) is 0 Å². The molecule has 0 bridgehead atoms. The van der Waals surface area contributed by atoms with Crippen LogP contribution in [0.4, 0.5) is 0 Å². The summed E-state index contributed by atoms with van der Waals surface area (Å²) in [5, 5.41) is 0.111. The van der Waals surface area contributed by atoms with Gasteiger partial charge in [-0.1, -0.05) is 201 Å². The maximum atomic E-state index is 13.1. The monoisotopic (exact) mass is 695 g/mol. The first-order valence-electron chi connectivity index (χ1n) is 21.3. The fourth-order valence-electron chi connectivity index (χ4n) is 6.76. The second-order valence-electron chi connectivity index (χ2n) is 16.6. The van der Waals surface area contributed by atoms with Crippen LogP contribution in [0, 0.1) is 5.92 Å². The van der Waals surface area contributed by atoms with E-state index < -0.39 is 8.32 Å². The summed E-state index contributed by atoms with van der Waals surface area (Å²) >= 11 is 0. The fraction of sp³-hybridized carbons (Fsp3) is 0.953. The molecule has 5 heteroatoms. The predicted molar refractivity (Wildman–Crippen MR) is 212 cm³/mol. The number of hydrogen-bond acceptors (Lipinski definition) is 4. The summed E-state index contributed by atoms with van der Waals surface area (Å²) in [5.74, 6) is -0.241. The Kier molecular flexibility index (Phi) is 31.8. The highest BCUT2D eigenvalue weighted by molar-refractivity contribution is 6.74. The van der Waals surface area contributed by atoms with Crippen LogP contribution in [0.25, 0.3) is 0 Å². The Morgan fingerprint density at radius 3 is 1.23 bits per heavy atom. The number of hydrogen-bond donors (Lipinski definition) is 0. The van der Waals surface area contributed by atoms with Crippen molar-refractivity contribution in [2.45, 2.75) is 251 Å². The van der Waals surface area contributed by atoms with Gasteiger partial charge in [-0.05, 0) is 37.4 Å². The molecule has 0 unspecified atom stereocenters. The van der Waals surface area contributed by atoms with Crippen LogP contribution in [0.15, 0.2) is 0 Å². The first kappa shape index (κ1) is 47.3. The van der Waals surface area contributed by atoms with Crippen LogP contribution in [-0.4, -0.2) is 33.8 Å². The van der Waals surface area contributed by atoms with Gasteiger partial charge in [0.15, 0.2) is 8.32 Å². The van der Waals surface area contributed by atoms with Gasteiger partial charge in [-0.3, -0.25) is 4.79 Å². The van der Waals surface area contributed by atoms with E-state index in [-0.39, 0.29) is 23.0 Å². The standard InChI is InChI=1S/C43H86O4Si/c1-8-9-10-11-12-13-14-15-16-17-18-19-20-21-22-23-24-25-28-31-34-37-40(42(45)46-5)41(47-48(6,7)43(2,3)4)38-35-32-29-26-27-30-33-36-39-44/h39-41H,8-38H2,1-7H3/t40-,41-/m1/s1. The zero-order valence-corrected chi connectivity index (χ0v) is 34.8. The third kappa shape index (κ3) is 27.1. The minimum Gasteiger partial charge on any atom is -0.469 e. The Morgan fingerprint density at radius 2 is 0.896 bits per heavy atom. The summed E-state index contributed by atoms with van der Waals surface area (Å²) < 4.78 is 12.3. The molecule has 286 valence electrons. The third-order valence-electron chi connectivity index (χ3n) is 11.1. The van der Waals surface area contributed by atoms with Gasteiger partial charge in [0.25, 0.3) is 0 Å². The minimum absolute atomic E-state index is 0.0453. The molecule has 0 aromatic carbocycles. The molecule has 0 aromatic rings. The van der Waals surface area contributed by atoms with Crippen molar-refractivity contribution in [3.8, 4) is 0 Å². The zero-order valence-electron chi connectivity index (χ0n) is 33.8. The van der Waals surface area contributed by atoms with E-state index in [1.807, 2.05) is 0 Å². The predicted octanol–water partition coefficient (Wildman–Crippen LogP) is 14.5. The molecule has 0 aliphatic heterocycles. The van der Waals surface area contributed by atoms with E-state index in [9.17, 15) is 9.59 Å². The van der Waals surface area contributed by atoms with Crippen molar-refractivity contribution in [2.75, 3.05) is 7.11 Å². The van der Waals surface area contributed by atoms with E-state index in [0.717, 1.165) is 44.8 Å². The largest absolute Gasteiger partial charge is 0.469 e. The second-order valence-corrected chi connectivity index (χ2v) is 21.4. The summed E-state index contributed by atoms with van der Waals surface area (Å²) in [6.45, 7) is 13.8. The number of unbranched alkanes of at least 4 members (excludes halogenated alkanes) is 27. The molecule has 0 rings (SSSR count). The number of ether oxygens (including phenoxy) is 1. The molecule has 0 saturated carbocycles. The molecular formula is C43H86O4Si. The molecule has 0 N–H and O–H groups in total. The van der Waals surface area contributed by atoms with Crippen molar-refractivity contribution in [3.63, 3.8) is 0 Å². The maximum Gasteiger partial charge on any atom is 0.311 e. The number of rotatable bonds is 36. The van der Waals surface area contributed by atoms with Crippen molar-refractivity contribution >= 4 is 20.6 Å². The number of carbonyl (C=O) groups excluding carboxylic acids is 2. The maximum absolute atomic E-state index is 13.1. The first-order valence-corrected chi connectivity index (χ1v) is 24.2. The van der Waals surface area contributed by atoms with Gasteiger partial charge in [0, 0.05) is 6.42 Å². The van der Waals surface area contributed by atoms with Gasteiger partial charge in [0.1, 0.15) is 6.29 Å². The van der Waals surface area contributed by atoms with Gasteiger partial charge < -0.3 is 14.0 Å². The summed E-state index contributed by atoms with van der Waals surface area (Å²) in [7, 11) is -0.474. The van der Waals surface area contributed by atoms with Gasteiger partial charge >= 0.3 is 5.97 Å². The van der Waals surface area contributed by atoms with Gasteiger partial charge in [0.2, 0.25) is 0 Å². The van der Waals surface area contributed by atoms with Crippen LogP contribution >= 0.6 is 0 Å². The van der Waals surface area contributed by atoms with Crippen LogP contribution in [0.1, 0.15) is 227 Å². The third-order valence-corrected chi connectivity index (χ3v) is 15.6. The van der Waals surface area contributed by atoms with Crippen LogP contribution in [0.2, 0.25) is 18.1 Å². The number of aldehydes is 1. The van der Waals surface area contributed by atoms with Crippen molar-refractivity contribution in [1.29, 1.82) is 0 Å². The van der Waals surface area contributed by atoms with Crippen molar-refractivity contribution in [3.05, 3.63) is 0 Å². The van der Waals surface area contributed by atoms with Crippen LogP contribution < -0.4 is 0 Å². The number of esters is 1. The molecule has 4 nitrogen and oxygen atoms in total. The zero-order chi connectivity index (χ0) is 35.8. The fourth-order valence-corrected chi connectivity index (χ4v) is 8.15. The van der Waals surface area contributed by atoms with E-state index in [0.29, 0.717) is 6.42 Å². The van der Waals surface area contributed by atoms with E-state index in [4.69, 9.17) is 9.16 Å². The molecule has 0 radical (unpaired) electrons. The highest BCUT2D eigenvalue weighted by Gasteiger charge is 2.42. The molecular weight excluding hydrogens is 609 g/mol. The molecule has 0 aliphatic carbocycles. The normalized spacial score (nSPS) is 13.5. The average Bonchev–Trinajstić information content (AvgIpc) is 3.05. The van der Waals surface area contributed by atoms with E-state index in [1.54, 1.807) is 7.11 Å². The van der Waals surface area contributed by atoms with Crippen LogP contribution in [0.3, 0.4) is 0 Å². The van der Waals surface area contributed by atoms with Gasteiger partial charge in [-0.15, -0.1) is 0 Å². The molecule has 0 spiro atoms. The lowest BCUT2D eigenvalue weighted by Gasteiger charge is -2.41. The molecule has 0 heterocycles. The van der Waals surface area contributed by atoms with E-state index in [2.05, 4.69) is 40.8 Å². The van der Waals surface area contributed by atoms with E-state index >= 15 is 0 Å². The van der Waals surface area contributed by atoms with Gasteiger partial charge in [-0.25, -0.2) is 0 Å². The Balaban J connectivity index is 4.24. The van der Waals surface area contributed by atoms with Crippen molar-refractivity contribution in [2.24, 2.45) is 5.92 Å². The molecule has 0 fully saturated rings. The highest BCUT2D eigenvalue weighted by atomic mass is 28.4. The SMILES string of the molecule is CCCCCCCCCCCCCCCCCCCCCCC[C@@H](C(=O)OC)[C@@H](CCCCCCCCCC=O)O[Si](C)(C)C(C)(C)C. The quantitative estimate of drug-likeness (QED) is 0.0283. The Labute approximate surface area is 302 Å². The van der Waals surface area contributed by atoms with Crippen molar-refractivity contribution in [1.82, 2.24) is 0 Å². The number of carbonyl (C=O) groups is 2. The summed E-state index contributed by atoms with van der Waals surface area (Å²) in [6, 6.07) is 0. The van der Waals surface area contributed by atoms with Crippen molar-refractivity contribution < 1.29 is 18.8 Å². The lowest BCUT2D eigenvalue weighted by atomic mass is 9.91. The first-order chi connectivity index (χ1) is 23.1. The lowest BCUT2D eigenvalue weighted by Crippen LogP contribution is -2.47.